The van der Waals surface area contributed by atoms with Gasteiger partial charge in [0.25, 0.3) is 0 Å². The largest absolute Gasteiger partial charge is 0.445 e. The van der Waals surface area contributed by atoms with E-state index in [4.69, 9.17) is 4.74 Å². The molecule has 0 bridgehead atoms. The number of likely N-dealkylation sites (N-methyl/N-ethyl adjacent to an activating group) is 1. The molecular formula is C18H26N2O3. The van der Waals surface area contributed by atoms with Gasteiger partial charge in [0, 0.05) is 13.1 Å². The van der Waals surface area contributed by atoms with Crippen LogP contribution in [0.3, 0.4) is 0 Å². The maximum Gasteiger partial charge on any atom is 0.410 e. The Hall–Kier alpha value is -2.04. The molecule has 1 fully saturated rings. The zero-order valence-electron chi connectivity index (χ0n) is 14.0. The van der Waals surface area contributed by atoms with Gasteiger partial charge in [0.15, 0.2) is 0 Å². The Morgan fingerprint density at radius 1 is 1.22 bits per heavy atom. The summed E-state index contributed by atoms with van der Waals surface area (Å²) < 4.78 is 5.21. The highest BCUT2D eigenvalue weighted by Gasteiger charge is 2.24. The minimum Gasteiger partial charge on any atom is -0.445 e. The fraction of sp³-hybridized carbons (Fsp3) is 0.556. The first-order valence-electron chi connectivity index (χ1n) is 8.27. The van der Waals surface area contributed by atoms with E-state index in [1.807, 2.05) is 30.3 Å². The molecule has 0 unspecified atom stereocenters. The smallest absolute Gasteiger partial charge is 0.410 e. The number of rotatable bonds is 5. The number of nitrogens with zero attached hydrogens (tertiary/aromatic N) is 1. The molecule has 0 saturated heterocycles. The number of amides is 2. The van der Waals surface area contributed by atoms with Gasteiger partial charge in [0.05, 0.1) is 0 Å². The van der Waals surface area contributed by atoms with E-state index in [2.05, 4.69) is 12.2 Å². The van der Waals surface area contributed by atoms with Crippen LogP contribution in [-0.2, 0) is 16.1 Å². The average Bonchev–Trinajstić information content (AvgIpc) is 2.55. The van der Waals surface area contributed by atoms with Crippen molar-refractivity contribution in [1.29, 1.82) is 0 Å². The molecule has 23 heavy (non-hydrogen) atoms. The molecule has 1 aliphatic carbocycles. The number of carbonyl (C=O) groups excluding carboxylic acids is 2. The molecule has 0 aliphatic heterocycles. The van der Waals surface area contributed by atoms with Gasteiger partial charge in [-0.2, -0.15) is 0 Å². The highest BCUT2D eigenvalue weighted by atomic mass is 16.6. The van der Waals surface area contributed by atoms with Crippen LogP contribution in [0.15, 0.2) is 30.3 Å². The second kappa shape index (κ2) is 8.56. The Labute approximate surface area is 138 Å². The second-order valence-corrected chi connectivity index (χ2v) is 6.33. The zero-order chi connectivity index (χ0) is 16.7. The molecule has 5 nitrogen and oxygen atoms in total. The van der Waals surface area contributed by atoms with Gasteiger partial charge in [-0.15, -0.1) is 0 Å². The minimum atomic E-state index is -0.485. The first kappa shape index (κ1) is 17.3. The predicted octanol–water partition coefficient (Wildman–Crippen LogP) is 2.95. The number of carbonyl (C=O) groups is 2. The van der Waals surface area contributed by atoms with Gasteiger partial charge in [-0.1, -0.05) is 50.1 Å². The molecule has 1 saturated carbocycles. The molecule has 0 radical (unpaired) electrons. The van der Waals surface area contributed by atoms with Crippen LogP contribution in [0, 0.1) is 5.92 Å². The number of hydrogen-bond donors (Lipinski definition) is 1. The SMILES string of the molecule is C[C@@H]1CCCC[C@H]1NC(=O)CN(C)C(=O)OCc1ccccc1. The van der Waals surface area contributed by atoms with Crippen molar-refractivity contribution in [1.82, 2.24) is 10.2 Å². The van der Waals surface area contributed by atoms with E-state index >= 15 is 0 Å². The third-order valence-electron chi connectivity index (χ3n) is 4.36. The van der Waals surface area contributed by atoms with E-state index in [0.29, 0.717) is 5.92 Å². The molecule has 2 atom stereocenters. The van der Waals surface area contributed by atoms with Crippen LogP contribution >= 0.6 is 0 Å². The summed E-state index contributed by atoms with van der Waals surface area (Å²) in [5.41, 5.74) is 0.926. The van der Waals surface area contributed by atoms with Gasteiger partial charge >= 0.3 is 6.09 Å². The lowest BCUT2D eigenvalue weighted by atomic mass is 9.86. The molecule has 5 heteroatoms. The number of nitrogens with one attached hydrogen (secondary N) is 1. The van der Waals surface area contributed by atoms with E-state index in [1.165, 1.54) is 11.3 Å². The van der Waals surface area contributed by atoms with Gasteiger partial charge in [0.1, 0.15) is 13.2 Å². The van der Waals surface area contributed by atoms with Crippen LogP contribution in [0.1, 0.15) is 38.2 Å². The Balaban J connectivity index is 1.73. The topological polar surface area (TPSA) is 58.6 Å². The summed E-state index contributed by atoms with van der Waals surface area (Å²) in [5, 5.41) is 3.04. The Morgan fingerprint density at radius 3 is 2.61 bits per heavy atom. The van der Waals surface area contributed by atoms with E-state index in [9.17, 15) is 9.59 Å². The first-order chi connectivity index (χ1) is 11.1. The number of ether oxygens (including phenoxy) is 1. The lowest BCUT2D eigenvalue weighted by molar-refractivity contribution is -0.123. The van der Waals surface area contributed by atoms with Gasteiger partial charge in [-0.25, -0.2) is 4.79 Å². The van der Waals surface area contributed by atoms with Crippen molar-refractivity contribution in [3.8, 4) is 0 Å². The van der Waals surface area contributed by atoms with Crippen LogP contribution < -0.4 is 5.32 Å². The van der Waals surface area contributed by atoms with Crippen molar-refractivity contribution in [3.05, 3.63) is 35.9 Å². The van der Waals surface area contributed by atoms with E-state index in [1.54, 1.807) is 7.05 Å². The molecule has 2 rings (SSSR count). The van der Waals surface area contributed by atoms with Gasteiger partial charge < -0.3 is 15.0 Å². The highest BCUT2D eigenvalue weighted by Crippen LogP contribution is 2.23. The molecule has 1 aromatic carbocycles. The highest BCUT2D eigenvalue weighted by molar-refractivity contribution is 5.82. The second-order valence-electron chi connectivity index (χ2n) is 6.33. The lowest BCUT2D eigenvalue weighted by Crippen LogP contribution is -2.46. The van der Waals surface area contributed by atoms with Crippen LogP contribution in [-0.4, -0.2) is 36.5 Å². The van der Waals surface area contributed by atoms with Crippen LogP contribution in [0.2, 0.25) is 0 Å². The summed E-state index contributed by atoms with van der Waals surface area (Å²) in [6, 6.07) is 9.71. The quantitative estimate of drug-likeness (QED) is 0.908. The molecule has 0 aromatic heterocycles. The maximum atomic E-state index is 12.1. The molecule has 1 aliphatic rings. The lowest BCUT2D eigenvalue weighted by Gasteiger charge is -2.30. The molecule has 0 heterocycles. The fourth-order valence-corrected chi connectivity index (χ4v) is 2.89. The summed E-state index contributed by atoms with van der Waals surface area (Å²) >= 11 is 0. The summed E-state index contributed by atoms with van der Waals surface area (Å²) in [6.07, 6.45) is 4.08. The standard InChI is InChI=1S/C18H26N2O3/c1-14-8-6-7-11-16(14)19-17(21)12-20(2)18(22)23-13-15-9-4-3-5-10-15/h3-5,9-10,14,16H,6-8,11-13H2,1-2H3,(H,19,21)/t14-,16-/m1/s1. The molecular weight excluding hydrogens is 292 g/mol. The van der Waals surface area contributed by atoms with E-state index < -0.39 is 6.09 Å². The normalized spacial score (nSPS) is 20.6. The fourth-order valence-electron chi connectivity index (χ4n) is 2.89. The van der Waals surface area contributed by atoms with Crippen molar-refractivity contribution in [2.24, 2.45) is 5.92 Å². The average molecular weight is 318 g/mol. The molecule has 0 spiro atoms. The number of benzene rings is 1. The van der Waals surface area contributed by atoms with Crippen molar-refractivity contribution in [3.63, 3.8) is 0 Å². The van der Waals surface area contributed by atoms with Crippen LogP contribution in [0.5, 0.6) is 0 Å². The van der Waals surface area contributed by atoms with Crippen LogP contribution in [0.25, 0.3) is 0 Å². The monoisotopic (exact) mass is 318 g/mol. The van der Waals surface area contributed by atoms with Gasteiger partial charge in [-0.05, 0) is 24.3 Å². The van der Waals surface area contributed by atoms with Crippen molar-refractivity contribution in [2.75, 3.05) is 13.6 Å². The van der Waals surface area contributed by atoms with Crippen LogP contribution in [0.4, 0.5) is 4.79 Å². The van der Waals surface area contributed by atoms with Crippen molar-refractivity contribution in [2.45, 2.75) is 45.3 Å². The molecule has 126 valence electrons. The third-order valence-corrected chi connectivity index (χ3v) is 4.36. The summed E-state index contributed by atoms with van der Waals surface area (Å²) in [5.74, 6) is 0.381. The zero-order valence-corrected chi connectivity index (χ0v) is 14.0. The maximum absolute atomic E-state index is 12.1. The first-order valence-corrected chi connectivity index (χ1v) is 8.27. The summed E-state index contributed by atoms with van der Waals surface area (Å²) in [6.45, 7) is 2.41. The molecule has 1 aromatic rings. The van der Waals surface area contributed by atoms with E-state index in [0.717, 1.165) is 24.8 Å². The minimum absolute atomic E-state index is 0.0246. The van der Waals surface area contributed by atoms with Gasteiger partial charge in [-0.3, -0.25) is 4.79 Å². The third kappa shape index (κ3) is 5.58. The number of hydrogen-bond acceptors (Lipinski definition) is 3. The Bertz CT molecular complexity index is 518. The predicted molar refractivity (Wildman–Crippen MR) is 88.8 cm³/mol. The summed E-state index contributed by atoms with van der Waals surface area (Å²) in [4.78, 5) is 25.3. The van der Waals surface area contributed by atoms with Crippen molar-refractivity contribution < 1.29 is 14.3 Å². The Morgan fingerprint density at radius 2 is 1.91 bits per heavy atom. The van der Waals surface area contributed by atoms with E-state index in [-0.39, 0.29) is 25.1 Å². The van der Waals surface area contributed by atoms with Gasteiger partial charge in [0.2, 0.25) is 5.91 Å². The Kier molecular flexibility index (Phi) is 6.44. The van der Waals surface area contributed by atoms with Crippen molar-refractivity contribution >= 4 is 12.0 Å². The molecule has 1 N–H and O–H groups in total. The molecule has 2 amide bonds. The summed E-state index contributed by atoms with van der Waals surface area (Å²) in [7, 11) is 1.58.